The highest BCUT2D eigenvalue weighted by molar-refractivity contribution is 7.92. The first-order valence-electron chi connectivity index (χ1n) is 8.44. The molecule has 0 bridgehead atoms. The third-order valence-electron chi connectivity index (χ3n) is 4.70. The molecule has 1 saturated heterocycles. The first kappa shape index (κ1) is 17.7. The Balaban J connectivity index is 2.04. The summed E-state index contributed by atoms with van der Waals surface area (Å²) in [5, 5.41) is 0. The molecule has 0 unspecified atom stereocenters. The van der Waals surface area contributed by atoms with Crippen LogP contribution in [0.25, 0.3) is 0 Å². The molecule has 3 rings (SSSR count). The Morgan fingerprint density at radius 2 is 1.72 bits per heavy atom. The van der Waals surface area contributed by atoms with Gasteiger partial charge >= 0.3 is 0 Å². The lowest BCUT2D eigenvalue weighted by atomic mass is 10.0. The number of nitrogens with one attached hydrogen (secondary N) is 1. The fraction of sp³-hybridized carbons (Fsp3) is 0.368. The molecule has 0 atom stereocenters. The zero-order valence-electron chi connectivity index (χ0n) is 14.8. The third-order valence-corrected chi connectivity index (χ3v) is 6.04. The Morgan fingerprint density at radius 3 is 2.36 bits per heavy atom. The Bertz CT molecular complexity index is 904. The molecular formula is C19H23FN2O2S. The number of anilines is 2. The molecule has 25 heavy (non-hydrogen) atoms. The quantitative estimate of drug-likeness (QED) is 0.889. The Hall–Kier alpha value is -2.08. The summed E-state index contributed by atoms with van der Waals surface area (Å²) in [6.07, 6.45) is 2.30. The van der Waals surface area contributed by atoms with E-state index in [1.165, 1.54) is 18.2 Å². The second kappa shape index (κ2) is 6.67. The summed E-state index contributed by atoms with van der Waals surface area (Å²) in [6.45, 7) is 7.86. The summed E-state index contributed by atoms with van der Waals surface area (Å²) in [7, 11) is -3.84. The molecule has 1 fully saturated rings. The minimum atomic E-state index is -3.84. The van der Waals surface area contributed by atoms with Gasteiger partial charge in [0.1, 0.15) is 5.82 Å². The first-order chi connectivity index (χ1) is 11.8. The number of benzene rings is 2. The molecule has 1 N–H and O–H groups in total. The van der Waals surface area contributed by atoms with Crippen molar-refractivity contribution in [1.29, 1.82) is 0 Å². The van der Waals surface area contributed by atoms with E-state index >= 15 is 0 Å². The largest absolute Gasteiger partial charge is 0.371 e. The average Bonchev–Trinajstić information content (AvgIpc) is 3.05. The molecule has 0 radical (unpaired) electrons. The lowest BCUT2D eigenvalue weighted by Gasteiger charge is -2.26. The van der Waals surface area contributed by atoms with Gasteiger partial charge in [0.15, 0.2) is 0 Å². The highest BCUT2D eigenvalue weighted by atomic mass is 32.2. The van der Waals surface area contributed by atoms with Crippen LogP contribution in [0.5, 0.6) is 0 Å². The van der Waals surface area contributed by atoms with Crippen LogP contribution in [0.3, 0.4) is 0 Å². The van der Waals surface area contributed by atoms with Crippen LogP contribution in [0.4, 0.5) is 15.8 Å². The van der Waals surface area contributed by atoms with Gasteiger partial charge in [0.05, 0.1) is 10.6 Å². The molecular weight excluding hydrogens is 339 g/mol. The molecule has 0 aromatic heterocycles. The van der Waals surface area contributed by atoms with E-state index in [9.17, 15) is 12.8 Å². The number of halogens is 1. The van der Waals surface area contributed by atoms with Gasteiger partial charge in [0.2, 0.25) is 0 Å². The highest BCUT2D eigenvalue weighted by Crippen LogP contribution is 2.36. The first-order valence-corrected chi connectivity index (χ1v) is 9.92. The van der Waals surface area contributed by atoms with Crippen LogP contribution in [0.2, 0.25) is 0 Å². The maximum atomic E-state index is 13.4. The summed E-state index contributed by atoms with van der Waals surface area (Å²) in [5.74, 6) is -0.571. The van der Waals surface area contributed by atoms with Crippen molar-refractivity contribution in [2.75, 3.05) is 22.7 Å². The molecule has 1 aliphatic rings. The maximum absolute atomic E-state index is 13.4. The van der Waals surface area contributed by atoms with Gasteiger partial charge in [0.25, 0.3) is 10.0 Å². The predicted molar refractivity (Wildman–Crippen MR) is 99.3 cm³/mol. The van der Waals surface area contributed by atoms with Crippen molar-refractivity contribution < 1.29 is 12.8 Å². The molecule has 1 heterocycles. The molecule has 0 spiro atoms. The van der Waals surface area contributed by atoms with Crippen molar-refractivity contribution in [3.8, 4) is 0 Å². The zero-order chi connectivity index (χ0) is 18.2. The molecule has 2 aromatic rings. The van der Waals surface area contributed by atoms with Crippen LogP contribution in [0.15, 0.2) is 35.2 Å². The number of sulfonamides is 1. The molecule has 0 aliphatic carbocycles. The fourth-order valence-electron chi connectivity index (χ4n) is 3.59. The molecule has 6 heteroatoms. The van der Waals surface area contributed by atoms with Gasteiger partial charge in [-0.15, -0.1) is 0 Å². The molecule has 4 nitrogen and oxygen atoms in total. The summed E-state index contributed by atoms with van der Waals surface area (Å²) >= 11 is 0. The van der Waals surface area contributed by atoms with Gasteiger partial charge in [-0.1, -0.05) is 12.1 Å². The monoisotopic (exact) mass is 362 g/mol. The Labute approximate surface area is 148 Å². The average molecular weight is 362 g/mol. The SMILES string of the molecule is Cc1cc(C)c(N2CCCC2)c(C)c1NS(=O)(=O)c1cccc(F)c1. The summed E-state index contributed by atoms with van der Waals surface area (Å²) in [5.41, 5.74) is 4.60. The highest BCUT2D eigenvalue weighted by Gasteiger charge is 2.23. The molecule has 1 aliphatic heterocycles. The normalized spacial score (nSPS) is 14.8. The maximum Gasteiger partial charge on any atom is 0.262 e. The number of hydrogen-bond acceptors (Lipinski definition) is 3. The Kier molecular flexibility index (Phi) is 4.73. The van der Waals surface area contributed by atoms with Crippen molar-refractivity contribution in [1.82, 2.24) is 0 Å². The fourth-order valence-corrected chi connectivity index (χ4v) is 4.81. The minimum Gasteiger partial charge on any atom is -0.371 e. The lowest BCUT2D eigenvalue weighted by Crippen LogP contribution is -2.22. The minimum absolute atomic E-state index is 0.0744. The van der Waals surface area contributed by atoms with Gasteiger partial charge in [0, 0.05) is 18.8 Å². The van der Waals surface area contributed by atoms with Gasteiger partial charge in [-0.2, -0.15) is 0 Å². The topological polar surface area (TPSA) is 49.4 Å². The van der Waals surface area contributed by atoms with Gasteiger partial charge in [-0.05, 0) is 68.5 Å². The van der Waals surface area contributed by atoms with Crippen molar-refractivity contribution in [2.45, 2.75) is 38.5 Å². The van der Waals surface area contributed by atoms with E-state index in [1.54, 1.807) is 0 Å². The van der Waals surface area contributed by atoms with Crippen molar-refractivity contribution in [3.05, 3.63) is 52.8 Å². The number of hydrogen-bond donors (Lipinski definition) is 1. The van der Waals surface area contributed by atoms with Gasteiger partial charge in [-0.25, -0.2) is 12.8 Å². The lowest BCUT2D eigenvalue weighted by molar-refractivity contribution is 0.595. The predicted octanol–water partition coefficient (Wildman–Crippen LogP) is 4.15. The third kappa shape index (κ3) is 3.49. The molecule has 2 aromatic carbocycles. The summed E-state index contributed by atoms with van der Waals surface area (Å²) in [6, 6.07) is 7.06. The van der Waals surface area contributed by atoms with Crippen LogP contribution in [-0.4, -0.2) is 21.5 Å². The van der Waals surface area contributed by atoms with Crippen LogP contribution in [0, 0.1) is 26.6 Å². The molecule has 134 valence electrons. The van der Waals surface area contributed by atoms with E-state index in [1.807, 2.05) is 19.9 Å². The molecule has 0 saturated carbocycles. The summed E-state index contributed by atoms with van der Waals surface area (Å²) < 4.78 is 41.5. The van der Waals surface area contributed by atoms with E-state index in [4.69, 9.17) is 0 Å². The second-order valence-corrected chi connectivity index (χ2v) is 8.30. The van der Waals surface area contributed by atoms with Gasteiger partial charge < -0.3 is 4.90 Å². The van der Waals surface area contributed by atoms with Crippen LogP contribution in [-0.2, 0) is 10.0 Å². The van der Waals surface area contributed by atoms with Crippen LogP contribution in [0.1, 0.15) is 29.5 Å². The zero-order valence-corrected chi connectivity index (χ0v) is 15.6. The van der Waals surface area contributed by atoms with E-state index in [0.717, 1.165) is 54.4 Å². The Morgan fingerprint density at radius 1 is 1.04 bits per heavy atom. The van der Waals surface area contributed by atoms with Gasteiger partial charge in [-0.3, -0.25) is 4.72 Å². The summed E-state index contributed by atoms with van der Waals surface area (Å²) in [4.78, 5) is 2.24. The number of nitrogens with zero attached hydrogens (tertiary/aromatic N) is 1. The van der Waals surface area contributed by atoms with Crippen molar-refractivity contribution in [3.63, 3.8) is 0 Å². The smallest absolute Gasteiger partial charge is 0.262 e. The van der Waals surface area contributed by atoms with E-state index in [-0.39, 0.29) is 4.90 Å². The van der Waals surface area contributed by atoms with E-state index in [2.05, 4.69) is 16.5 Å². The number of aryl methyl sites for hydroxylation is 2. The van der Waals surface area contributed by atoms with Crippen molar-refractivity contribution >= 4 is 21.4 Å². The van der Waals surface area contributed by atoms with Crippen LogP contribution >= 0.6 is 0 Å². The number of rotatable bonds is 4. The van der Waals surface area contributed by atoms with Crippen LogP contribution < -0.4 is 9.62 Å². The van der Waals surface area contributed by atoms with E-state index in [0.29, 0.717) is 5.69 Å². The standard InChI is InChI=1S/C19H23FN2O2S/c1-13-11-14(2)19(22-9-4-5-10-22)15(3)18(13)21-25(23,24)17-8-6-7-16(20)12-17/h6-8,11-12,21H,4-5,9-10H2,1-3H3. The molecule has 0 amide bonds. The van der Waals surface area contributed by atoms with Crippen molar-refractivity contribution in [2.24, 2.45) is 0 Å². The second-order valence-electron chi connectivity index (χ2n) is 6.62. The van der Waals surface area contributed by atoms with E-state index < -0.39 is 15.8 Å².